The molecule has 1 atom stereocenters. The summed E-state index contributed by atoms with van der Waals surface area (Å²) in [7, 11) is 1.37. The van der Waals surface area contributed by atoms with Crippen molar-refractivity contribution in [1.82, 2.24) is 0 Å². The molecule has 0 aromatic heterocycles. The summed E-state index contributed by atoms with van der Waals surface area (Å²) in [6.07, 6.45) is 0. The van der Waals surface area contributed by atoms with Gasteiger partial charge in [0.15, 0.2) is 5.78 Å². The smallest absolute Gasteiger partial charge is 0.182 e. The number of hydrogen-bond donors (Lipinski definition) is 1. The number of ether oxygens (including phenoxy) is 1. The number of methoxy groups -OCH3 is 1. The van der Waals surface area contributed by atoms with Gasteiger partial charge in [0, 0.05) is 6.07 Å². The van der Waals surface area contributed by atoms with Gasteiger partial charge >= 0.3 is 0 Å². The molecular weight excluding hydrogens is 221 g/mol. The minimum atomic E-state index is -0.760. The highest BCUT2D eigenvalue weighted by atomic mass is 35.5. The molecule has 0 amide bonds. The summed E-state index contributed by atoms with van der Waals surface area (Å²) in [6.45, 7) is 1.49. The highest BCUT2D eigenvalue weighted by Gasteiger charge is 2.18. The largest absolute Gasteiger partial charge is 0.495 e. The van der Waals surface area contributed by atoms with E-state index >= 15 is 0 Å². The number of halogens is 2. The molecule has 0 saturated carbocycles. The zero-order chi connectivity index (χ0) is 11.6. The van der Waals surface area contributed by atoms with Gasteiger partial charge in [-0.2, -0.15) is 0 Å². The van der Waals surface area contributed by atoms with E-state index < -0.39 is 17.6 Å². The second kappa shape index (κ2) is 4.59. The van der Waals surface area contributed by atoms with Crippen molar-refractivity contribution >= 4 is 17.4 Å². The van der Waals surface area contributed by atoms with Gasteiger partial charge in [-0.1, -0.05) is 11.6 Å². The average Bonchev–Trinajstić information content (AvgIpc) is 2.19. The maximum Gasteiger partial charge on any atom is 0.182 e. The van der Waals surface area contributed by atoms with Crippen LogP contribution in [0.15, 0.2) is 12.1 Å². The van der Waals surface area contributed by atoms with E-state index in [1.807, 2.05) is 0 Å². The van der Waals surface area contributed by atoms with Crippen LogP contribution in [-0.4, -0.2) is 18.9 Å². The molecule has 0 aliphatic heterocycles. The molecule has 0 saturated heterocycles. The monoisotopic (exact) mass is 231 g/mol. The van der Waals surface area contributed by atoms with Gasteiger partial charge in [0.2, 0.25) is 0 Å². The molecule has 0 spiro atoms. The fraction of sp³-hybridized carbons (Fsp3) is 0.300. The second-order valence-corrected chi connectivity index (χ2v) is 3.53. The number of nitrogens with two attached hydrogens (primary N) is 1. The van der Waals surface area contributed by atoms with Gasteiger partial charge in [-0.3, -0.25) is 4.79 Å². The summed E-state index contributed by atoms with van der Waals surface area (Å²) >= 11 is 5.77. The number of carbonyl (C=O) groups excluding carboxylic acids is 1. The maximum atomic E-state index is 13.4. The van der Waals surface area contributed by atoms with E-state index in [0.717, 1.165) is 6.07 Å². The number of benzene rings is 1. The summed E-state index contributed by atoms with van der Waals surface area (Å²) in [5.41, 5.74) is 5.25. The van der Waals surface area contributed by atoms with Crippen LogP contribution >= 0.6 is 11.6 Å². The lowest BCUT2D eigenvalue weighted by Crippen LogP contribution is -2.27. The topological polar surface area (TPSA) is 52.3 Å². The molecule has 1 aromatic rings. The Morgan fingerprint density at radius 3 is 2.67 bits per heavy atom. The van der Waals surface area contributed by atoms with Crippen LogP contribution in [0, 0.1) is 5.82 Å². The van der Waals surface area contributed by atoms with E-state index in [0.29, 0.717) is 0 Å². The quantitative estimate of drug-likeness (QED) is 0.810. The summed E-state index contributed by atoms with van der Waals surface area (Å²) in [4.78, 5) is 11.5. The molecule has 0 bridgehead atoms. The number of hydrogen-bond acceptors (Lipinski definition) is 3. The van der Waals surface area contributed by atoms with Crippen LogP contribution in [0.3, 0.4) is 0 Å². The summed E-state index contributed by atoms with van der Waals surface area (Å²) in [6, 6.07) is 1.53. The first-order chi connectivity index (χ1) is 6.97. The van der Waals surface area contributed by atoms with Crippen molar-refractivity contribution in [3.63, 3.8) is 0 Å². The third kappa shape index (κ3) is 2.46. The third-order valence-electron chi connectivity index (χ3n) is 1.92. The van der Waals surface area contributed by atoms with Crippen molar-refractivity contribution in [1.29, 1.82) is 0 Å². The fourth-order valence-electron chi connectivity index (χ4n) is 1.12. The highest BCUT2D eigenvalue weighted by Crippen LogP contribution is 2.27. The summed E-state index contributed by atoms with van der Waals surface area (Å²) in [5.74, 6) is -0.981. The van der Waals surface area contributed by atoms with E-state index in [2.05, 4.69) is 0 Å². The van der Waals surface area contributed by atoms with Crippen LogP contribution in [0.1, 0.15) is 17.3 Å². The molecular formula is C10H11ClFNO2. The molecule has 0 radical (unpaired) electrons. The van der Waals surface area contributed by atoms with Gasteiger partial charge in [0.05, 0.1) is 23.7 Å². The molecule has 1 unspecified atom stereocenters. The van der Waals surface area contributed by atoms with Crippen LogP contribution in [0.2, 0.25) is 5.02 Å². The Labute approximate surface area is 92.0 Å². The predicted octanol–water partition coefficient (Wildman–Crippen LogP) is 2.02. The van der Waals surface area contributed by atoms with Crippen molar-refractivity contribution in [3.05, 3.63) is 28.5 Å². The van der Waals surface area contributed by atoms with Gasteiger partial charge in [-0.25, -0.2) is 4.39 Å². The zero-order valence-corrected chi connectivity index (χ0v) is 9.14. The minimum absolute atomic E-state index is 0.115. The molecule has 0 aliphatic rings. The van der Waals surface area contributed by atoms with Crippen molar-refractivity contribution in [2.45, 2.75) is 13.0 Å². The normalized spacial score (nSPS) is 12.3. The molecule has 0 heterocycles. The van der Waals surface area contributed by atoms with Gasteiger partial charge in [-0.15, -0.1) is 0 Å². The minimum Gasteiger partial charge on any atom is -0.495 e. The number of ketones is 1. The first kappa shape index (κ1) is 11.9. The van der Waals surface area contributed by atoms with Crippen molar-refractivity contribution in [3.8, 4) is 5.75 Å². The van der Waals surface area contributed by atoms with E-state index in [4.69, 9.17) is 22.1 Å². The predicted molar refractivity (Wildman–Crippen MR) is 55.9 cm³/mol. The Hall–Kier alpha value is -1.13. The molecule has 0 aliphatic carbocycles. The second-order valence-electron chi connectivity index (χ2n) is 3.12. The Bertz CT molecular complexity index is 393. The molecule has 3 nitrogen and oxygen atoms in total. The number of rotatable bonds is 3. The van der Waals surface area contributed by atoms with Crippen molar-refractivity contribution in [2.24, 2.45) is 5.73 Å². The van der Waals surface area contributed by atoms with E-state index in [-0.39, 0.29) is 16.3 Å². The molecule has 5 heteroatoms. The zero-order valence-electron chi connectivity index (χ0n) is 8.38. The van der Waals surface area contributed by atoms with Crippen molar-refractivity contribution in [2.75, 3.05) is 7.11 Å². The molecule has 2 N–H and O–H groups in total. The van der Waals surface area contributed by atoms with Crippen LogP contribution in [0.25, 0.3) is 0 Å². The van der Waals surface area contributed by atoms with Crippen LogP contribution in [0.5, 0.6) is 5.75 Å². The van der Waals surface area contributed by atoms with Crippen LogP contribution in [-0.2, 0) is 0 Å². The molecule has 1 rings (SSSR count). The fourth-order valence-corrected chi connectivity index (χ4v) is 1.36. The Kier molecular flexibility index (Phi) is 3.66. The lowest BCUT2D eigenvalue weighted by Gasteiger charge is -2.08. The Morgan fingerprint density at radius 1 is 1.60 bits per heavy atom. The maximum absolute atomic E-state index is 13.4. The third-order valence-corrected chi connectivity index (χ3v) is 2.22. The molecule has 1 aromatic carbocycles. The van der Waals surface area contributed by atoms with E-state index in [1.165, 1.54) is 20.1 Å². The van der Waals surface area contributed by atoms with E-state index in [1.54, 1.807) is 0 Å². The molecule has 0 fully saturated rings. The Balaban J connectivity index is 3.22. The van der Waals surface area contributed by atoms with Crippen LogP contribution in [0.4, 0.5) is 4.39 Å². The lowest BCUT2D eigenvalue weighted by molar-refractivity contribution is 0.0964. The highest BCUT2D eigenvalue weighted by molar-refractivity contribution is 6.32. The van der Waals surface area contributed by atoms with Gasteiger partial charge < -0.3 is 10.5 Å². The molecule has 15 heavy (non-hydrogen) atoms. The standard InChI is InChI=1S/C10H11ClFNO2/c1-5(13)10(14)6-3-7(11)9(15-2)4-8(6)12/h3-5H,13H2,1-2H3. The Morgan fingerprint density at radius 2 is 2.20 bits per heavy atom. The SMILES string of the molecule is COc1cc(F)c(C(=O)C(C)N)cc1Cl. The number of carbonyl (C=O) groups is 1. The van der Waals surface area contributed by atoms with Crippen LogP contribution < -0.4 is 10.5 Å². The van der Waals surface area contributed by atoms with Gasteiger partial charge in [-0.05, 0) is 13.0 Å². The van der Waals surface area contributed by atoms with Gasteiger partial charge in [0.25, 0.3) is 0 Å². The van der Waals surface area contributed by atoms with Gasteiger partial charge in [0.1, 0.15) is 11.6 Å². The number of Topliss-reactive ketones (excluding diaryl/α,β-unsaturated/α-hetero) is 1. The van der Waals surface area contributed by atoms with E-state index in [9.17, 15) is 9.18 Å². The average molecular weight is 232 g/mol. The lowest BCUT2D eigenvalue weighted by atomic mass is 10.1. The summed E-state index contributed by atoms with van der Waals surface area (Å²) in [5, 5.41) is 0.183. The molecule has 82 valence electrons. The summed E-state index contributed by atoms with van der Waals surface area (Å²) < 4.78 is 18.2. The first-order valence-electron chi connectivity index (χ1n) is 4.30. The van der Waals surface area contributed by atoms with Crippen molar-refractivity contribution < 1.29 is 13.9 Å². The first-order valence-corrected chi connectivity index (χ1v) is 4.68.